The number of thioether (sulfide) groups is 1. The number of fused-ring (bicyclic) bond motifs is 2. The van der Waals surface area contributed by atoms with Gasteiger partial charge in [-0.2, -0.15) is 0 Å². The number of amides is 1. The lowest BCUT2D eigenvalue weighted by atomic mass is 10.2. The van der Waals surface area contributed by atoms with Gasteiger partial charge in [0.05, 0.1) is 22.2 Å². The fourth-order valence-electron chi connectivity index (χ4n) is 3.96. The number of para-hydroxylation sites is 1. The number of H-pyrrole nitrogens is 1. The molecule has 4 aromatic rings. The lowest BCUT2D eigenvalue weighted by Crippen LogP contribution is -2.33. The molecule has 1 aliphatic heterocycles. The van der Waals surface area contributed by atoms with Gasteiger partial charge < -0.3 is 15.2 Å². The zero-order chi connectivity index (χ0) is 21.0. The summed E-state index contributed by atoms with van der Waals surface area (Å²) in [6.45, 7) is 3.89. The molecule has 1 saturated heterocycles. The third kappa shape index (κ3) is 6.77. The molecule has 0 atom stereocenters. The van der Waals surface area contributed by atoms with Gasteiger partial charge in [0, 0.05) is 29.8 Å². The van der Waals surface area contributed by atoms with Crippen LogP contribution in [-0.2, 0) is 5.75 Å². The molecule has 0 spiro atoms. The van der Waals surface area contributed by atoms with Crippen LogP contribution >= 0.6 is 49.0 Å². The van der Waals surface area contributed by atoms with Gasteiger partial charge in [-0.1, -0.05) is 36.0 Å². The van der Waals surface area contributed by atoms with Crippen molar-refractivity contribution in [2.75, 3.05) is 26.2 Å². The lowest BCUT2D eigenvalue weighted by Gasteiger charge is -2.14. The number of halogens is 3. The van der Waals surface area contributed by atoms with Gasteiger partial charge >= 0.3 is 0 Å². The Bertz CT molecular complexity index is 1230. The van der Waals surface area contributed by atoms with Crippen LogP contribution in [-0.4, -0.2) is 51.9 Å². The number of hydrogen-bond donors (Lipinski definition) is 2. The van der Waals surface area contributed by atoms with Crippen LogP contribution in [0.2, 0.25) is 0 Å². The zero-order valence-corrected chi connectivity index (χ0v) is 21.8. The molecule has 34 heavy (non-hydrogen) atoms. The van der Waals surface area contributed by atoms with Crippen LogP contribution in [0.4, 0.5) is 0 Å². The van der Waals surface area contributed by atoms with E-state index in [4.69, 9.17) is 4.98 Å². The molecular weight excluding hydrogens is 513 g/mol. The number of rotatable bonds is 7. The Morgan fingerprint density at radius 3 is 2.59 bits per heavy atom. The molecule has 2 N–H and O–H groups in total. The van der Waals surface area contributed by atoms with Crippen LogP contribution in [0.15, 0.2) is 59.8 Å². The first-order valence-corrected chi connectivity index (χ1v) is 11.7. The van der Waals surface area contributed by atoms with Crippen molar-refractivity contribution in [2.45, 2.75) is 23.8 Å². The summed E-state index contributed by atoms with van der Waals surface area (Å²) in [6.07, 6.45) is 2.53. The zero-order valence-electron chi connectivity index (χ0n) is 18.5. The molecule has 182 valence electrons. The fourth-order valence-corrected chi connectivity index (χ4v) is 4.75. The average Bonchev–Trinajstić information content (AvgIpc) is 3.46. The number of pyridine rings is 1. The second-order valence-corrected chi connectivity index (χ2v) is 8.83. The fraction of sp³-hybridized carbons (Fsp3) is 0.292. The first-order valence-electron chi connectivity index (χ1n) is 10.7. The van der Waals surface area contributed by atoms with E-state index in [2.05, 4.69) is 38.4 Å². The van der Waals surface area contributed by atoms with Gasteiger partial charge in [0.2, 0.25) is 0 Å². The minimum absolute atomic E-state index is 0. The topological polar surface area (TPSA) is 73.9 Å². The number of hydrogen-bond acceptors (Lipinski definition) is 5. The summed E-state index contributed by atoms with van der Waals surface area (Å²) in [4.78, 5) is 27.6. The number of imidazole rings is 1. The maximum atomic E-state index is 12.5. The molecule has 10 heteroatoms. The van der Waals surface area contributed by atoms with Gasteiger partial charge in [-0.25, -0.2) is 4.98 Å². The molecule has 1 fully saturated rings. The molecule has 2 aromatic carbocycles. The number of benzene rings is 2. The number of likely N-dealkylation sites (tertiary alicyclic amines) is 1. The van der Waals surface area contributed by atoms with Crippen molar-refractivity contribution < 1.29 is 4.79 Å². The molecule has 6 nitrogen and oxygen atoms in total. The Morgan fingerprint density at radius 1 is 0.971 bits per heavy atom. The van der Waals surface area contributed by atoms with Crippen molar-refractivity contribution in [3.63, 3.8) is 0 Å². The molecule has 0 bridgehead atoms. The van der Waals surface area contributed by atoms with Crippen LogP contribution < -0.4 is 5.32 Å². The summed E-state index contributed by atoms with van der Waals surface area (Å²) in [5.74, 6) is 0.694. The van der Waals surface area contributed by atoms with Crippen LogP contribution in [0.1, 0.15) is 28.9 Å². The van der Waals surface area contributed by atoms with Gasteiger partial charge in [0.15, 0.2) is 5.16 Å². The highest BCUT2D eigenvalue weighted by Crippen LogP contribution is 2.24. The van der Waals surface area contributed by atoms with E-state index in [0.29, 0.717) is 12.1 Å². The quantitative estimate of drug-likeness (QED) is 0.303. The highest BCUT2D eigenvalue weighted by molar-refractivity contribution is 7.98. The van der Waals surface area contributed by atoms with Gasteiger partial charge in [-0.3, -0.25) is 9.78 Å². The number of nitrogens with zero attached hydrogens (tertiary/aromatic N) is 3. The first-order chi connectivity index (χ1) is 15.2. The maximum absolute atomic E-state index is 12.5. The van der Waals surface area contributed by atoms with Crippen LogP contribution in [0.25, 0.3) is 21.9 Å². The van der Waals surface area contributed by atoms with E-state index in [9.17, 15) is 4.79 Å². The summed E-state index contributed by atoms with van der Waals surface area (Å²) in [5, 5.41) is 5.00. The van der Waals surface area contributed by atoms with E-state index in [1.807, 2.05) is 36.4 Å². The molecular formula is C24H28Cl3N5OS. The van der Waals surface area contributed by atoms with Crippen molar-refractivity contribution in [2.24, 2.45) is 0 Å². The molecule has 1 amide bonds. The van der Waals surface area contributed by atoms with Gasteiger partial charge in [0.25, 0.3) is 5.91 Å². The number of carbonyl (C=O) groups excluding carboxylic acids is 1. The summed E-state index contributed by atoms with van der Waals surface area (Å²) in [7, 11) is 0. The Balaban J connectivity index is 0.00000136. The summed E-state index contributed by atoms with van der Waals surface area (Å²) < 4.78 is 0. The lowest BCUT2D eigenvalue weighted by molar-refractivity contribution is 0.0950. The molecule has 0 radical (unpaired) electrons. The summed E-state index contributed by atoms with van der Waals surface area (Å²) in [5.41, 5.74) is 4.42. The van der Waals surface area contributed by atoms with Crippen molar-refractivity contribution in [1.82, 2.24) is 25.2 Å². The molecule has 0 saturated carbocycles. The Kier molecular flexibility index (Phi) is 10.9. The summed E-state index contributed by atoms with van der Waals surface area (Å²) >= 11 is 1.61. The van der Waals surface area contributed by atoms with Crippen molar-refractivity contribution in [1.29, 1.82) is 0 Å². The third-order valence-corrected chi connectivity index (χ3v) is 6.55. The third-order valence-electron chi connectivity index (χ3n) is 5.65. The standard InChI is InChI=1S/C24H25N5OS.3ClH/c30-23(25-11-14-29-12-3-4-13-29)18-8-10-21-22(15-18)28-24(27-21)31-16-19-9-7-17-5-1-2-6-20(17)26-19;;;/h1-2,5-10,15H,3-4,11-14,16H2,(H,25,30)(H,27,28);3*1H. The Morgan fingerprint density at radius 2 is 1.76 bits per heavy atom. The van der Waals surface area contributed by atoms with Gasteiger partial charge in [-0.15, -0.1) is 37.2 Å². The number of carbonyl (C=O) groups is 1. The number of aromatic nitrogens is 3. The highest BCUT2D eigenvalue weighted by atomic mass is 35.5. The monoisotopic (exact) mass is 539 g/mol. The van der Waals surface area contributed by atoms with Crippen molar-refractivity contribution in [3.05, 3.63) is 65.9 Å². The van der Waals surface area contributed by atoms with E-state index in [0.717, 1.165) is 58.2 Å². The van der Waals surface area contributed by atoms with E-state index in [1.165, 1.54) is 12.8 Å². The van der Waals surface area contributed by atoms with Crippen LogP contribution in [0, 0.1) is 0 Å². The predicted molar refractivity (Wildman–Crippen MR) is 147 cm³/mol. The second-order valence-electron chi connectivity index (χ2n) is 7.86. The minimum Gasteiger partial charge on any atom is -0.351 e. The predicted octanol–water partition coefficient (Wildman–Crippen LogP) is 5.49. The number of nitrogens with one attached hydrogen (secondary N) is 2. The Labute approximate surface area is 221 Å². The van der Waals surface area contributed by atoms with E-state index in [-0.39, 0.29) is 43.1 Å². The van der Waals surface area contributed by atoms with Gasteiger partial charge in [0.1, 0.15) is 0 Å². The highest BCUT2D eigenvalue weighted by Gasteiger charge is 2.13. The SMILES string of the molecule is Cl.Cl.Cl.O=C(NCCN1CCCC1)c1ccc2nc(SCc3ccc4ccccc4n3)[nH]c2c1. The largest absolute Gasteiger partial charge is 0.351 e. The molecule has 5 rings (SSSR count). The van der Waals surface area contributed by atoms with Gasteiger partial charge in [-0.05, 0) is 56.3 Å². The molecule has 0 unspecified atom stereocenters. The molecule has 2 aromatic heterocycles. The maximum Gasteiger partial charge on any atom is 0.251 e. The molecule has 1 aliphatic rings. The average molecular weight is 541 g/mol. The van der Waals surface area contributed by atoms with Crippen molar-refractivity contribution in [3.8, 4) is 0 Å². The van der Waals surface area contributed by atoms with E-state index >= 15 is 0 Å². The molecule has 0 aliphatic carbocycles. The van der Waals surface area contributed by atoms with E-state index < -0.39 is 0 Å². The second kappa shape index (κ2) is 13.2. The smallest absolute Gasteiger partial charge is 0.251 e. The first kappa shape index (κ1) is 28.2. The summed E-state index contributed by atoms with van der Waals surface area (Å²) in [6, 6.07) is 17.9. The normalized spacial score (nSPS) is 13.2. The van der Waals surface area contributed by atoms with Crippen LogP contribution in [0.5, 0.6) is 0 Å². The molecule has 3 heterocycles. The van der Waals surface area contributed by atoms with E-state index in [1.54, 1.807) is 11.8 Å². The Hall–Kier alpha value is -2.03. The number of aromatic amines is 1. The van der Waals surface area contributed by atoms with Crippen LogP contribution in [0.3, 0.4) is 0 Å². The minimum atomic E-state index is -0.0368. The van der Waals surface area contributed by atoms with Crippen molar-refractivity contribution >= 4 is 76.8 Å².